The molecule has 0 atom stereocenters. The van der Waals surface area contributed by atoms with E-state index in [1.807, 2.05) is 12.1 Å². The molecular formula is C10H8N2S. The van der Waals surface area contributed by atoms with Crippen molar-refractivity contribution in [3.63, 3.8) is 0 Å². The highest BCUT2D eigenvalue weighted by molar-refractivity contribution is 7.19. The van der Waals surface area contributed by atoms with E-state index in [1.165, 1.54) is 16.9 Å². The van der Waals surface area contributed by atoms with E-state index in [-0.39, 0.29) is 0 Å². The van der Waals surface area contributed by atoms with Crippen molar-refractivity contribution in [2.24, 2.45) is 0 Å². The van der Waals surface area contributed by atoms with Crippen molar-refractivity contribution >= 4 is 21.6 Å². The van der Waals surface area contributed by atoms with Gasteiger partial charge >= 0.3 is 0 Å². The van der Waals surface area contributed by atoms with Gasteiger partial charge in [0.05, 0.1) is 10.2 Å². The average molecular weight is 188 g/mol. The molecule has 13 heavy (non-hydrogen) atoms. The Bertz CT molecular complexity index is 479. The van der Waals surface area contributed by atoms with Crippen molar-refractivity contribution in [1.29, 1.82) is 5.26 Å². The number of fused-ring (bicyclic) bond motifs is 1. The zero-order valence-electron chi connectivity index (χ0n) is 7.24. The van der Waals surface area contributed by atoms with Crippen LogP contribution in [-0.2, 0) is 6.42 Å². The van der Waals surface area contributed by atoms with Crippen LogP contribution in [-0.4, -0.2) is 4.98 Å². The molecule has 0 fully saturated rings. The SMILES string of the molecule is CCc1cccc2sc(C#N)nc12. The summed E-state index contributed by atoms with van der Waals surface area (Å²) in [6, 6.07) is 8.16. The minimum Gasteiger partial charge on any atom is -0.226 e. The van der Waals surface area contributed by atoms with Gasteiger partial charge in [0.1, 0.15) is 6.07 Å². The van der Waals surface area contributed by atoms with E-state index in [4.69, 9.17) is 5.26 Å². The van der Waals surface area contributed by atoms with Gasteiger partial charge in [0, 0.05) is 0 Å². The van der Waals surface area contributed by atoms with Gasteiger partial charge in [-0.25, -0.2) is 4.98 Å². The lowest BCUT2D eigenvalue weighted by Gasteiger charge is -1.95. The fourth-order valence-electron chi connectivity index (χ4n) is 1.34. The number of nitrogens with zero attached hydrogens (tertiary/aromatic N) is 2. The topological polar surface area (TPSA) is 36.7 Å². The standard InChI is InChI=1S/C10H8N2S/c1-2-7-4-3-5-8-10(7)12-9(6-11)13-8/h3-5H,2H2,1H3. The Morgan fingerprint density at radius 3 is 3.08 bits per heavy atom. The predicted molar refractivity (Wildman–Crippen MR) is 53.7 cm³/mol. The maximum atomic E-state index is 8.70. The lowest BCUT2D eigenvalue weighted by Crippen LogP contribution is -1.81. The van der Waals surface area contributed by atoms with Crippen molar-refractivity contribution in [1.82, 2.24) is 4.98 Å². The monoisotopic (exact) mass is 188 g/mol. The summed E-state index contributed by atoms with van der Waals surface area (Å²) < 4.78 is 1.11. The number of thiazole rings is 1. The summed E-state index contributed by atoms with van der Waals surface area (Å²) in [4.78, 5) is 4.26. The van der Waals surface area contributed by atoms with Crippen LogP contribution >= 0.6 is 11.3 Å². The van der Waals surface area contributed by atoms with Gasteiger partial charge in [-0.1, -0.05) is 19.1 Å². The van der Waals surface area contributed by atoms with Gasteiger partial charge in [-0.05, 0) is 18.1 Å². The number of nitriles is 1. The molecule has 2 aromatic rings. The van der Waals surface area contributed by atoms with Crippen LogP contribution in [0.25, 0.3) is 10.2 Å². The van der Waals surface area contributed by atoms with Crippen molar-refractivity contribution in [2.75, 3.05) is 0 Å². The van der Waals surface area contributed by atoms with Crippen molar-refractivity contribution in [2.45, 2.75) is 13.3 Å². The number of benzene rings is 1. The molecular weight excluding hydrogens is 180 g/mol. The second kappa shape index (κ2) is 3.15. The van der Waals surface area contributed by atoms with Gasteiger partial charge in [0.25, 0.3) is 0 Å². The van der Waals surface area contributed by atoms with Crippen LogP contribution in [0.3, 0.4) is 0 Å². The summed E-state index contributed by atoms with van der Waals surface area (Å²) >= 11 is 1.45. The van der Waals surface area contributed by atoms with Crippen LogP contribution in [0.5, 0.6) is 0 Å². The lowest BCUT2D eigenvalue weighted by molar-refractivity contribution is 1.15. The summed E-state index contributed by atoms with van der Waals surface area (Å²) in [6.45, 7) is 2.10. The predicted octanol–water partition coefficient (Wildman–Crippen LogP) is 2.73. The largest absolute Gasteiger partial charge is 0.226 e. The molecule has 3 heteroatoms. The van der Waals surface area contributed by atoms with Gasteiger partial charge in [-0.2, -0.15) is 5.26 Å². The van der Waals surface area contributed by atoms with Crippen LogP contribution in [0.1, 0.15) is 17.5 Å². The number of hydrogen-bond donors (Lipinski definition) is 0. The zero-order chi connectivity index (χ0) is 9.26. The molecule has 0 spiro atoms. The smallest absolute Gasteiger partial charge is 0.195 e. The molecule has 0 saturated heterocycles. The lowest BCUT2D eigenvalue weighted by atomic mass is 10.1. The van der Waals surface area contributed by atoms with E-state index >= 15 is 0 Å². The Labute approximate surface area is 80.5 Å². The van der Waals surface area contributed by atoms with Crippen molar-refractivity contribution in [3.8, 4) is 6.07 Å². The third kappa shape index (κ3) is 1.30. The first-order valence-corrected chi connectivity index (χ1v) is 4.95. The molecule has 0 aliphatic rings. The molecule has 0 aliphatic carbocycles. The molecule has 1 aromatic heterocycles. The summed E-state index contributed by atoms with van der Waals surface area (Å²) in [5, 5.41) is 9.25. The third-order valence-electron chi connectivity index (χ3n) is 1.98. The summed E-state index contributed by atoms with van der Waals surface area (Å²) in [7, 11) is 0. The normalized spacial score (nSPS) is 10.2. The quantitative estimate of drug-likeness (QED) is 0.690. The third-order valence-corrected chi connectivity index (χ3v) is 2.90. The first kappa shape index (κ1) is 8.21. The van der Waals surface area contributed by atoms with E-state index in [2.05, 4.69) is 24.0 Å². The highest BCUT2D eigenvalue weighted by atomic mass is 32.1. The summed E-state index contributed by atoms with van der Waals surface area (Å²) in [5.74, 6) is 0. The van der Waals surface area contributed by atoms with Crippen LogP contribution in [0, 0.1) is 11.3 Å². The molecule has 64 valence electrons. The highest BCUT2D eigenvalue weighted by Crippen LogP contribution is 2.24. The van der Waals surface area contributed by atoms with E-state index < -0.39 is 0 Å². The first-order valence-electron chi connectivity index (χ1n) is 4.13. The molecule has 0 aliphatic heterocycles. The van der Waals surface area contributed by atoms with E-state index in [0.717, 1.165) is 16.6 Å². The van der Waals surface area contributed by atoms with Crippen molar-refractivity contribution in [3.05, 3.63) is 28.8 Å². The van der Waals surface area contributed by atoms with Gasteiger partial charge in [-0.15, -0.1) is 11.3 Å². The number of rotatable bonds is 1. The molecule has 0 radical (unpaired) electrons. The first-order chi connectivity index (χ1) is 6.35. The van der Waals surface area contributed by atoms with E-state index in [1.54, 1.807) is 0 Å². The Morgan fingerprint density at radius 1 is 1.54 bits per heavy atom. The molecule has 0 unspecified atom stereocenters. The second-order valence-electron chi connectivity index (χ2n) is 2.75. The molecule has 1 heterocycles. The Kier molecular flexibility index (Phi) is 1.99. The van der Waals surface area contributed by atoms with Crippen LogP contribution in [0.2, 0.25) is 0 Å². The van der Waals surface area contributed by atoms with Gasteiger partial charge in [-0.3, -0.25) is 0 Å². The van der Waals surface area contributed by atoms with Crippen LogP contribution in [0.4, 0.5) is 0 Å². The van der Waals surface area contributed by atoms with Crippen LogP contribution in [0.15, 0.2) is 18.2 Å². The average Bonchev–Trinajstić information content (AvgIpc) is 2.59. The number of aryl methyl sites for hydroxylation is 1. The molecule has 2 rings (SSSR count). The summed E-state index contributed by atoms with van der Waals surface area (Å²) in [6.07, 6.45) is 0.964. The van der Waals surface area contributed by atoms with Crippen LogP contribution < -0.4 is 0 Å². The molecule has 0 saturated carbocycles. The number of aromatic nitrogens is 1. The zero-order valence-corrected chi connectivity index (χ0v) is 8.06. The fourth-order valence-corrected chi connectivity index (χ4v) is 2.15. The maximum absolute atomic E-state index is 8.70. The molecule has 0 amide bonds. The summed E-state index contributed by atoms with van der Waals surface area (Å²) in [5.41, 5.74) is 2.21. The van der Waals surface area contributed by atoms with Crippen molar-refractivity contribution < 1.29 is 0 Å². The Morgan fingerprint density at radius 2 is 2.38 bits per heavy atom. The molecule has 0 N–H and O–H groups in total. The second-order valence-corrected chi connectivity index (χ2v) is 3.78. The van der Waals surface area contributed by atoms with E-state index in [9.17, 15) is 0 Å². The van der Waals surface area contributed by atoms with Gasteiger partial charge < -0.3 is 0 Å². The van der Waals surface area contributed by atoms with Gasteiger partial charge in [0.2, 0.25) is 0 Å². The Balaban J connectivity index is 2.76. The molecule has 0 bridgehead atoms. The highest BCUT2D eigenvalue weighted by Gasteiger charge is 2.05. The molecule has 1 aromatic carbocycles. The van der Waals surface area contributed by atoms with E-state index in [0.29, 0.717) is 5.01 Å². The number of hydrogen-bond acceptors (Lipinski definition) is 3. The maximum Gasteiger partial charge on any atom is 0.195 e. The number of para-hydroxylation sites is 1. The molecule has 2 nitrogen and oxygen atoms in total. The minimum absolute atomic E-state index is 0.552. The minimum atomic E-state index is 0.552. The fraction of sp³-hybridized carbons (Fsp3) is 0.200. The Hall–Kier alpha value is -1.40. The van der Waals surface area contributed by atoms with Gasteiger partial charge in [0.15, 0.2) is 5.01 Å².